The molecule has 22 heavy (non-hydrogen) atoms. The van der Waals surface area contributed by atoms with Gasteiger partial charge in [-0.2, -0.15) is 0 Å². The van der Waals surface area contributed by atoms with E-state index in [4.69, 9.17) is 4.98 Å². The van der Waals surface area contributed by atoms with Gasteiger partial charge in [0.25, 0.3) is 0 Å². The Hall–Kier alpha value is -1.75. The van der Waals surface area contributed by atoms with Gasteiger partial charge in [-0.1, -0.05) is 18.6 Å². The van der Waals surface area contributed by atoms with E-state index in [0.717, 1.165) is 48.6 Å². The van der Waals surface area contributed by atoms with E-state index in [2.05, 4.69) is 16.7 Å². The minimum atomic E-state index is -0.797. The summed E-state index contributed by atoms with van der Waals surface area (Å²) >= 11 is 1.70. The number of imidazole rings is 1. The van der Waals surface area contributed by atoms with E-state index in [1.54, 1.807) is 11.8 Å². The normalized spacial score (nSPS) is 14.4. The lowest BCUT2D eigenvalue weighted by Gasteiger charge is -2.09. The van der Waals surface area contributed by atoms with Crippen LogP contribution in [0.1, 0.15) is 30.8 Å². The zero-order valence-corrected chi connectivity index (χ0v) is 13.5. The van der Waals surface area contributed by atoms with Crippen LogP contribution in [0.25, 0.3) is 11.3 Å². The molecule has 2 heterocycles. The zero-order chi connectivity index (χ0) is 15.5. The van der Waals surface area contributed by atoms with Crippen molar-refractivity contribution in [2.24, 2.45) is 0 Å². The van der Waals surface area contributed by atoms with Crippen LogP contribution in [0.4, 0.5) is 0 Å². The highest BCUT2D eigenvalue weighted by atomic mass is 32.2. The van der Waals surface area contributed by atoms with Gasteiger partial charge in [-0.25, -0.2) is 4.98 Å². The summed E-state index contributed by atoms with van der Waals surface area (Å²) in [6, 6.07) is 8.21. The van der Waals surface area contributed by atoms with Crippen molar-refractivity contribution in [3.63, 3.8) is 0 Å². The average Bonchev–Trinajstić information content (AvgIpc) is 2.71. The molecule has 0 amide bonds. The highest BCUT2D eigenvalue weighted by Crippen LogP contribution is 2.29. The summed E-state index contributed by atoms with van der Waals surface area (Å²) in [6.07, 6.45) is 6.44. The Morgan fingerprint density at radius 3 is 2.73 bits per heavy atom. The highest BCUT2D eigenvalue weighted by molar-refractivity contribution is 7.98. The summed E-state index contributed by atoms with van der Waals surface area (Å²) in [5.41, 5.74) is 2.70. The van der Waals surface area contributed by atoms with Gasteiger partial charge < -0.3 is 9.67 Å². The number of carboxylic acid groups (broad SMARTS) is 1. The van der Waals surface area contributed by atoms with E-state index < -0.39 is 5.97 Å². The SMILES string of the molecule is CSc1ccc(-c2nc3n(c2CC(=O)O)CCCCC3)cc1. The third-order valence-corrected chi connectivity index (χ3v) is 4.86. The Bertz CT molecular complexity index is 677. The van der Waals surface area contributed by atoms with Crippen LogP contribution in [-0.4, -0.2) is 26.9 Å². The topological polar surface area (TPSA) is 55.1 Å². The lowest BCUT2D eigenvalue weighted by Crippen LogP contribution is -2.10. The number of aromatic nitrogens is 2. The number of nitrogens with zero attached hydrogens (tertiary/aromatic N) is 2. The van der Waals surface area contributed by atoms with Gasteiger partial charge in [0.15, 0.2) is 0 Å². The molecule has 3 rings (SSSR count). The van der Waals surface area contributed by atoms with Crippen molar-refractivity contribution in [1.82, 2.24) is 9.55 Å². The maximum Gasteiger partial charge on any atom is 0.309 e. The zero-order valence-electron chi connectivity index (χ0n) is 12.7. The van der Waals surface area contributed by atoms with Gasteiger partial charge >= 0.3 is 5.97 Å². The van der Waals surface area contributed by atoms with E-state index in [-0.39, 0.29) is 6.42 Å². The molecule has 2 aromatic rings. The number of aryl methyl sites for hydroxylation is 1. The summed E-state index contributed by atoms with van der Waals surface area (Å²) < 4.78 is 2.14. The number of hydrogen-bond acceptors (Lipinski definition) is 3. The largest absolute Gasteiger partial charge is 0.481 e. The molecule has 4 nitrogen and oxygen atoms in total. The molecule has 1 aliphatic rings. The monoisotopic (exact) mass is 316 g/mol. The predicted octanol–water partition coefficient (Wildman–Crippen LogP) is 3.63. The van der Waals surface area contributed by atoms with Gasteiger partial charge in [-0.15, -0.1) is 11.8 Å². The number of aliphatic carboxylic acids is 1. The van der Waals surface area contributed by atoms with Gasteiger partial charge in [0.1, 0.15) is 5.82 Å². The quantitative estimate of drug-likeness (QED) is 0.875. The number of carboxylic acids is 1. The van der Waals surface area contributed by atoms with Crippen LogP contribution in [0.3, 0.4) is 0 Å². The van der Waals surface area contributed by atoms with Crippen molar-refractivity contribution in [2.75, 3.05) is 6.26 Å². The Balaban J connectivity index is 2.06. The molecule has 0 bridgehead atoms. The van der Waals surface area contributed by atoms with Crippen LogP contribution in [0, 0.1) is 0 Å². The van der Waals surface area contributed by atoms with E-state index in [9.17, 15) is 9.90 Å². The Kier molecular flexibility index (Phi) is 4.52. The first-order valence-corrected chi connectivity index (χ1v) is 8.86. The van der Waals surface area contributed by atoms with Crippen molar-refractivity contribution in [3.05, 3.63) is 35.8 Å². The van der Waals surface area contributed by atoms with Crippen molar-refractivity contribution >= 4 is 17.7 Å². The minimum absolute atomic E-state index is 0.0343. The third kappa shape index (κ3) is 3.04. The van der Waals surface area contributed by atoms with Crippen LogP contribution in [-0.2, 0) is 24.2 Å². The number of carbonyl (C=O) groups is 1. The summed E-state index contributed by atoms with van der Waals surface area (Å²) in [5.74, 6) is 0.242. The van der Waals surface area contributed by atoms with Crippen molar-refractivity contribution in [1.29, 1.82) is 0 Å². The smallest absolute Gasteiger partial charge is 0.309 e. The molecule has 5 heteroatoms. The minimum Gasteiger partial charge on any atom is -0.481 e. The van der Waals surface area contributed by atoms with Gasteiger partial charge in [0.2, 0.25) is 0 Å². The summed E-state index contributed by atoms with van der Waals surface area (Å²) in [6.45, 7) is 0.883. The second-order valence-corrected chi connectivity index (χ2v) is 6.46. The van der Waals surface area contributed by atoms with Crippen LogP contribution < -0.4 is 0 Å². The van der Waals surface area contributed by atoms with E-state index >= 15 is 0 Å². The number of thioether (sulfide) groups is 1. The van der Waals surface area contributed by atoms with E-state index in [1.165, 1.54) is 11.3 Å². The van der Waals surface area contributed by atoms with Gasteiger partial charge in [-0.3, -0.25) is 4.79 Å². The second kappa shape index (κ2) is 6.57. The van der Waals surface area contributed by atoms with Gasteiger partial charge in [-0.05, 0) is 31.2 Å². The summed E-state index contributed by atoms with van der Waals surface area (Å²) in [5, 5.41) is 9.27. The molecule has 0 atom stereocenters. The first-order chi connectivity index (χ1) is 10.7. The average molecular weight is 316 g/mol. The molecule has 0 spiro atoms. The molecule has 0 fully saturated rings. The fourth-order valence-electron chi connectivity index (χ4n) is 3.02. The fourth-order valence-corrected chi connectivity index (χ4v) is 3.43. The second-order valence-electron chi connectivity index (χ2n) is 5.58. The number of fused-ring (bicyclic) bond motifs is 1. The van der Waals surface area contributed by atoms with Gasteiger partial charge in [0.05, 0.1) is 17.8 Å². The number of hydrogen-bond donors (Lipinski definition) is 1. The first kappa shape index (κ1) is 15.2. The van der Waals surface area contributed by atoms with Crippen LogP contribution in [0.2, 0.25) is 0 Å². The number of benzene rings is 1. The fraction of sp³-hybridized carbons (Fsp3) is 0.412. The Morgan fingerprint density at radius 2 is 2.05 bits per heavy atom. The molecule has 0 saturated carbocycles. The Labute approximate surface area is 134 Å². The van der Waals surface area contributed by atoms with Crippen LogP contribution in [0.15, 0.2) is 29.2 Å². The molecule has 1 N–H and O–H groups in total. The maximum absolute atomic E-state index is 11.3. The molecule has 1 aromatic carbocycles. The molecule has 0 radical (unpaired) electrons. The van der Waals surface area contributed by atoms with E-state index in [1.807, 2.05) is 18.4 Å². The summed E-state index contributed by atoms with van der Waals surface area (Å²) in [4.78, 5) is 17.3. The summed E-state index contributed by atoms with van der Waals surface area (Å²) in [7, 11) is 0. The molecule has 0 unspecified atom stereocenters. The van der Waals surface area contributed by atoms with Crippen LogP contribution >= 0.6 is 11.8 Å². The Morgan fingerprint density at radius 1 is 1.27 bits per heavy atom. The molecular formula is C17H20N2O2S. The van der Waals surface area contributed by atoms with Crippen LogP contribution in [0.5, 0.6) is 0 Å². The standard InChI is InChI=1S/C17H20N2O2S/c1-22-13-8-6-12(7-9-13)17-14(11-16(20)21)19-10-4-2-3-5-15(19)18-17/h6-9H,2-5,10-11H2,1H3,(H,20,21). The lowest BCUT2D eigenvalue weighted by atomic mass is 10.1. The molecule has 0 aliphatic carbocycles. The van der Waals surface area contributed by atoms with Crippen molar-refractivity contribution < 1.29 is 9.90 Å². The molecule has 1 aliphatic heterocycles. The first-order valence-electron chi connectivity index (χ1n) is 7.63. The van der Waals surface area contributed by atoms with E-state index in [0.29, 0.717) is 0 Å². The predicted molar refractivity (Wildman–Crippen MR) is 88.3 cm³/mol. The highest BCUT2D eigenvalue weighted by Gasteiger charge is 2.21. The molecular weight excluding hydrogens is 296 g/mol. The van der Waals surface area contributed by atoms with Crippen molar-refractivity contribution in [3.8, 4) is 11.3 Å². The molecule has 1 aromatic heterocycles. The number of rotatable bonds is 4. The van der Waals surface area contributed by atoms with Crippen molar-refractivity contribution in [2.45, 2.75) is 43.5 Å². The molecule has 0 saturated heterocycles. The molecule has 116 valence electrons. The third-order valence-electron chi connectivity index (χ3n) is 4.12. The lowest BCUT2D eigenvalue weighted by molar-refractivity contribution is -0.136. The van der Waals surface area contributed by atoms with Gasteiger partial charge in [0, 0.05) is 23.4 Å². The maximum atomic E-state index is 11.3.